The Balaban J connectivity index is 0.00000363. The molecule has 0 saturated heterocycles. The molecule has 8 heteroatoms. The van der Waals surface area contributed by atoms with Crippen molar-refractivity contribution in [3.63, 3.8) is 0 Å². The van der Waals surface area contributed by atoms with Crippen LogP contribution in [-0.2, 0) is 17.8 Å². The second-order valence-electron chi connectivity index (χ2n) is 7.41. The van der Waals surface area contributed by atoms with Crippen LogP contribution >= 0.6 is 39.1 Å². The zero-order chi connectivity index (χ0) is 22.2. The van der Waals surface area contributed by atoms with Crippen molar-refractivity contribution in [1.29, 1.82) is 0 Å². The molecule has 0 aliphatic heterocycles. The largest absolute Gasteiger partial charge is 1.00 e. The molecule has 0 amide bonds. The number of carbonyl (C=O) groups excluding carboxylic acids is 1. The molecular weight excluding hydrogens is 535 g/mol. The molecule has 4 nitrogen and oxygen atoms in total. The highest BCUT2D eigenvalue weighted by Gasteiger charge is 2.20. The van der Waals surface area contributed by atoms with E-state index in [-0.39, 0.29) is 24.3 Å². The standard InChI is InChI=1S/C24H26BrCl2N2O2.ClH/c1-2-3-14-31-24(21-9-8-20(26)15-22(21)27)16-29-13-12-28(17-29)11-10-23(30)18-4-6-19(25)7-5-18;/h4-9,12-13,15,17,24H,2-3,10-11,14,16H2,1H3;1H/q+1;/p-1. The molecule has 0 spiro atoms. The Morgan fingerprint density at radius 3 is 2.62 bits per heavy atom. The van der Waals surface area contributed by atoms with Crippen LogP contribution in [-0.4, -0.2) is 17.0 Å². The topological polar surface area (TPSA) is 35.1 Å². The molecule has 0 N–H and O–H groups in total. The van der Waals surface area contributed by atoms with E-state index < -0.39 is 0 Å². The summed E-state index contributed by atoms with van der Waals surface area (Å²) in [6, 6.07) is 13.0. The van der Waals surface area contributed by atoms with E-state index in [9.17, 15) is 4.79 Å². The van der Waals surface area contributed by atoms with Gasteiger partial charge in [0.05, 0.1) is 6.54 Å². The van der Waals surface area contributed by atoms with Crippen LogP contribution in [0.4, 0.5) is 0 Å². The van der Waals surface area contributed by atoms with Crippen molar-refractivity contribution in [2.45, 2.75) is 45.4 Å². The number of aromatic nitrogens is 2. The lowest BCUT2D eigenvalue weighted by atomic mass is 10.1. The summed E-state index contributed by atoms with van der Waals surface area (Å²) >= 11 is 15.9. The minimum atomic E-state index is -0.179. The maximum atomic E-state index is 12.4. The van der Waals surface area contributed by atoms with E-state index >= 15 is 0 Å². The van der Waals surface area contributed by atoms with Gasteiger partial charge in [0.15, 0.2) is 5.78 Å². The van der Waals surface area contributed by atoms with Crippen molar-refractivity contribution in [3.8, 4) is 0 Å². The van der Waals surface area contributed by atoms with Gasteiger partial charge in [0.1, 0.15) is 25.0 Å². The van der Waals surface area contributed by atoms with Gasteiger partial charge in [-0.2, -0.15) is 0 Å². The average Bonchev–Trinajstić information content (AvgIpc) is 3.19. The first-order valence-corrected chi connectivity index (χ1v) is 11.9. The van der Waals surface area contributed by atoms with Crippen LogP contribution in [0.5, 0.6) is 0 Å². The second-order valence-corrected chi connectivity index (χ2v) is 9.17. The Kier molecular flexibility index (Phi) is 11.2. The number of carbonyl (C=O) groups is 1. The number of hydrogen-bond donors (Lipinski definition) is 0. The number of unbranched alkanes of at least 4 members (excludes halogenated alkanes) is 1. The van der Waals surface area contributed by atoms with Crippen molar-refractivity contribution < 1.29 is 26.5 Å². The predicted molar refractivity (Wildman–Crippen MR) is 128 cm³/mol. The van der Waals surface area contributed by atoms with Crippen LogP contribution in [0.25, 0.3) is 0 Å². The summed E-state index contributed by atoms with van der Waals surface area (Å²) in [5.41, 5.74) is 1.65. The Labute approximate surface area is 214 Å². The summed E-state index contributed by atoms with van der Waals surface area (Å²) in [4.78, 5) is 12.4. The molecule has 32 heavy (non-hydrogen) atoms. The molecule has 0 saturated carbocycles. The lowest BCUT2D eigenvalue weighted by Crippen LogP contribution is -3.00. The predicted octanol–water partition coefficient (Wildman–Crippen LogP) is 3.68. The van der Waals surface area contributed by atoms with E-state index in [0.717, 1.165) is 28.4 Å². The van der Waals surface area contributed by atoms with Crippen LogP contribution in [0.15, 0.2) is 65.7 Å². The zero-order valence-corrected chi connectivity index (χ0v) is 21.7. The third-order valence-corrected chi connectivity index (χ3v) is 6.10. The summed E-state index contributed by atoms with van der Waals surface area (Å²) in [5.74, 6) is 0.126. The molecule has 1 atom stereocenters. The van der Waals surface area contributed by atoms with Crippen molar-refractivity contribution >= 4 is 44.9 Å². The summed E-state index contributed by atoms with van der Waals surface area (Å²) in [6.07, 6.45) is 8.28. The minimum absolute atomic E-state index is 0. The number of imidazole rings is 1. The number of rotatable bonds is 11. The van der Waals surface area contributed by atoms with Gasteiger partial charge in [0, 0.05) is 38.7 Å². The summed E-state index contributed by atoms with van der Waals surface area (Å²) in [6.45, 7) is 4.05. The second kappa shape index (κ2) is 13.4. The Morgan fingerprint density at radius 1 is 1.19 bits per heavy atom. The lowest BCUT2D eigenvalue weighted by Gasteiger charge is -2.18. The molecule has 0 radical (unpaired) electrons. The Morgan fingerprint density at radius 2 is 1.94 bits per heavy atom. The number of hydrogen-bond acceptors (Lipinski definition) is 2. The zero-order valence-electron chi connectivity index (χ0n) is 17.8. The third-order valence-electron chi connectivity index (χ3n) is 5.01. The summed E-state index contributed by atoms with van der Waals surface area (Å²) in [5, 5.41) is 1.21. The Bertz CT molecular complexity index is 1010. The van der Waals surface area contributed by atoms with Crippen molar-refractivity contribution in [2.24, 2.45) is 0 Å². The molecular formula is C24H26BrCl3N2O2. The van der Waals surface area contributed by atoms with Gasteiger partial charge in [-0.1, -0.05) is 70.7 Å². The average molecular weight is 561 g/mol. The van der Waals surface area contributed by atoms with Gasteiger partial charge < -0.3 is 17.1 Å². The smallest absolute Gasteiger partial charge is 0.243 e. The molecule has 1 heterocycles. The van der Waals surface area contributed by atoms with E-state index in [1.807, 2.05) is 59.7 Å². The highest BCUT2D eigenvalue weighted by Crippen LogP contribution is 2.29. The number of halogens is 4. The van der Waals surface area contributed by atoms with Gasteiger partial charge >= 0.3 is 0 Å². The number of Topliss-reactive ketones (excluding diaryl/α,β-unsaturated/α-hetero) is 1. The normalized spacial score (nSPS) is 11.8. The fourth-order valence-electron chi connectivity index (χ4n) is 3.25. The summed E-state index contributed by atoms with van der Waals surface area (Å²) in [7, 11) is 0. The molecule has 3 rings (SSSR count). The van der Waals surface area contributed by atoms with Crippen molar-refractivity contribution in [1.82, 2.24) is 4.57 Å². The van der Waals surface area contributed by atoms with Gasteiger partial charge in [-0.3, -0.25) is 4.79 Å². The molecule has 172 valence electrons. The lowest BCUT2D eigenvalue weighted by molar-refractivity contribution is -0.695. The van der Waals surface area contributed by atoms with Crippen LogP contribution in [0.3, 0.4) is 0 Å². The van der Waals surface area contributed by atoms with E-state index in [4.69, 9.17) is 27.9 Å². The number of ketones is 1. The number of benzene rings is 2. The molecule has 2 aromatic carbocycles. The first-order valence-electron chi connectivity index (χ1n) is 10.4. The quantitative estimate of drug-likeness (QED) is 0.204. The molecule has 1 aromatic heterocycles. The molecule has 1 unspecified atom stereocenters. The van der Waals surface area contributed by atoms with Crippen LogP contribution in [0, 0.1) is 0 Å². The van der Waals surface area contributed by atoms with Gasteiger partial charge in [0.2, 0.25) is 6.33 Å². The van der Waals surface area contributed by atoms with Crippen molar-refractivity contribution in [3.05, 3.63) is 86.8 Å². The van der Waals surface area contributed by atoms with Gasteiger partial charge in [-0.25, -0.2) is 9.13 Å². The van der Waals surface area contributed by atoms with Crippen molar-refractivity contribution in [2.75, 3.05) is 6.61 Å². The monoisotopic (exact) mass is 558 g/mol. The molecule has 0 bridgehead atoms. The van der Waals surface area contributed by atoms with Crippen LogP contribution < -0.4 is 17.0 Å². The number of aryl methyl sites for hydroxylation is 1. The number of nitrogens with zero attached hydrogens (tertiary/aromatic N) is 2. The van der Waals surface area contributed by atoms with Gasteiger partial charge in [-0.05, 0) is 30.7 Å². The molecule has 3 aromatic rings. The first kappa shape index (κ1) is 26.9. The molecule has 0 fully saturated rings. The van der Waals surface area contributed by atoms with Gasteiger partial charge in [0.25, 0.3) is 0 Å². The molecule has 0 aliphatic carbocycles. The first-order chi connectivity index (χ1) is 15.0. The van der Waals surface area contributed by atoms with E-state index in [0.29, 0.717) is 36.2 Å². The fraction of sp³-hybridized carbons (Fsp3) is 0.333. The summed E-state index contributed by atoms with van der Waals surface area (Å²) < 4.78 is 11.2. The van der Waals surface area contributed by atoms with E-state index in [1.165, 1.54) is 0 Å². The SMILES string of the molecule is CCCCOC(Cn1cc[n+](CCC(=O)c2ccc(Br)cc2)c1)c1ccc(Cl)cc1Cl.[Cl-]. The fourth-order valence-corrected chi connectivity index (χ4v) is 4.05. The van der Waals surface area contributed by atoms with Gasteiger partial charge in [-0.15, -0.1) is 0 Å². The van der Waals surface area contributed by atoms with E-state index in [2.05, 4.69) is 27.4 Å². The highest BCUT2D eigenvalue weighted by molar-refractivity contribution is 9.10. The van der Waals surface area contributed by atoms with E-state index in [1.54, 1.807) is 6.07 Å². The molecule has 0 aliphatic rings. The number of ether oxygens (including phenoxy) is 1. The highest BCUT2D eigenvalue weighted by atomic mass is 79.9. The Hall–Kier alpha value is -1.37. The van der Waals surface area contributed by atoms with Crippen LogP contribution in [0.1, 0.15) is 48.2 Å². The maximum Gasteiger partial charge on any atom is 0.243 e. The van der Waals surface area contributed by atoms with Crippen LogP contribution in [0.2, 0.25) is 10.0 Å². The third kappa shape index (κ3) is 7.89. The maximum absolute atomic E-state index is 12.4. The minimum Gasteiger partial charge on any atom is -1.00 e.